The number of rotatable bonds is 0. The molecule has 0 aromatic carbocycles. The third-order valence-corrected chi connectivity index (χ3v) is 4.92. The molecular weight excluding hydrogens is 158 g/mol. The summed E-state index contributed by atoms with van der Waals surface area (Å²) in [5, 5.41) is 3.73. The van der Waals surface area contributed by atoms with Crippen molar-refractivity contribution >= 4 is 0 Å². The SMILES string of the molecule is CC1NC(C)(C)C(C)(C)C(C)C1C. The van der Waals surface area contributed by atoms with Gasteiger partial charge in [-0.05, 0) is 38.0 Å². The van der Waals surface area contributed by atoms with Gasteiger partial charge in [0.05, 0.1) is 0 Å². The Bertz CT molecular complexity index is 193. The van der Waals surface area contributed by atoms with Crippen LogP contribution in [0.5, 0.6) is 0 Å². The van der Waals surface area contributed by atoms with E-state index in [1.165, 1.54) is 0 Å². The molecule has 1 nitrogen and oxygen atoms in total. The summed E-state index contributed by atoms with van der Waals surface area (Å²) in [6.07, 6.45) is 0. The highest BCUT2D eigenvalue weighted by molar-refractivity contribution is 5.04. The molecule has 0 amide bonds. The van der Waals surface area contributed by atoms with Crippen LogP contribution >= 0.6 is 0 Å². The molecule has 1 rings (SSSR count). The minimum Gasteiger partial charge on any atom is -0.309 e. The Hall–Kier alpha value is -0.0400. The first-order valence-corrected chi connectivity index (χ1v) is 5.48. The van der Waals surface area contributed by atoms with Gasteiger partial charge in [-0.25, -0.2) is 0 Å². The van der Waals surface area contributed by atoms with E-state index in [-0.39, 0.29) is 5.54 Å². The summed E-state index contributed by atoms with van der Waals surface area (Å²) in [4.78, 5) is 0. The minimum atomic E-state index is 0.248. The van der Waals surface area contributed by atoms with Crippen molar-refractivity contribution in [2.75, 3.05) is 0 Å². The van der Waals surface area contributed by atoms with Crippen molar-refractivity contribution in [1.82, 2.24) is 5.32 Å². The van der Waals surface area contributed by atoms with E-state index in [2.05, 4.69) is 53.8 Å². The van der Waals surface area contributed by atoms with E-state index in [1.54, 1.807) is 0 Å². The summed E-state index contributed by atoms with van der Waals surface area (Å²) in [5.74, 6) is 1.54. The van der Waals surface area contributed by atoms with E-state index >= 15 is 0 Å². The summed E-state index contributed by atoms with van der Waals surface area (Å²) in [6, 6.07) is 0.637. The lowest BCUT2D eigenvalue weighted by Gasteiger charge is -2.56. The van der Waals surface area contributed by atoms with E-state index in [0.717, 1.165) is 11.8 Å². The Balaban J connectivity index is 2.96. The largest absolute Gasteiger partial charge is 0.309 e. The van der Waals surface area contributed by atoms with Crippen LogP contribution in [-0.4, -0.2) is 11.6 Å². The topological polar surface area (TPSA) is 12.0 Å². The fourth-order valence-corrected chi connectivity index (χ4v) is 2.55. The Kier molecular flexibility index (Phi) is 2.53. The van der Waals surface area contributed by atoms with Crippen LogP contribution in [0, 0.1) is 17.3 Å². The maximum absolute atomic E-state index is 3.73. The predicted octanol–water partition coefficient (Wildman–Crippen LogP) is 3.06. The molecule has 1 N–H and O–H groups in total. The smallest absolute Gasteiger partial charge is 0.0181 e. The second kappa shape index (κ2) is 2.98. The third kappa shape index (κ3) is 1.52. The second-order valence-corrected chi connectivity index (χ2v) is 5.93. The number of nitrogens with one attached hydrogen (secondary N) is 1. The zero-order valence-corrected chi connectivity index (χ0v) is 10.2. The van der Waals surface area contributed by atoms with Crippen molar-refractivity contribution in [3.8, 4) is 0 Å². The quantitative estimate of drug-likeness (QED) is 0.608. The first-order chi connectivity index (χ1) is 5.70. The average Bonchev–Trinajstić information content (AvgIpc) is 1.98. The molecule has 0 aromatic rings. The van der Waals surface area contributed by atoms with E-state index in [4.69, 9.17) is 0 Å². The normalized spacial score (nSPS) is 43.2. The Labute approximate surface area is 83.3 Å². The zero-order chi connectivity index (χ0) is 10.4. The molecule has 1 fully saturated rings. The maximum Gasteiger partial charge on any atom is 0.0181 e. The van der Waals surface area contributed by atoms with Crippen molar-refractivity contribution in [3.63, 3.8) is 0 Å². The van der Waals surface area contributed by atoms with Gasteiger partial charge in [0.25, 0.3) is 0 Å². The molecule has 3 unspecified atom stereocenters. The monoisotopic (exact) mass is 183 g/mol. The predicted molar refractivity (Wildman–Crippen MR) is 58.8 cm³/mol. The lowest BCUT2D eigenvalue weighted by Crippen LogP contribution is -2.64. The van der Waals surface area contributed by atoms with Gasteiger partial charge in [0.15, 0.2) is 0 Å². The van der Waals surface area contributed by atoms with E-state index in [0.29, 0.717) is 11.5 Å². The standard InChI is InChI=1S/C12H25N/c1-8-9(2)11(4,5)12(6,7)13-10(8)3/h8-10,13H,1-7H3. The molecular formula is C12H25N. The Morgan fingerprint density at radius 3 is 1.85 bits per heavy atom. The molecule has 1 heteroatoms. The molecule has 0 saturated carbocycles. The van der Waals surface area contributed by atoms with Gasteiger partial charge in [-0.15, -0.1) is 0 Å². The van der Waals surface area contributed by atoms with Crippen LogP contribution in [-0.2, 0) is 0 Å². The van der Waals surface area contributed by atoms with E-state index < -0.39 is 0 Å². The molecule has 78 valence electrons. The Morgan fingerprint density at radius 1 is 0.923 bits per heavy atom. The lowest BCUT2D eigenvalue weighted by atomic mass is 9.58. The highest BCUT2D eigenvalue weighted by atomic mass is 15.0. The van der Waals surface area contributed by atoms with Gasteiger partial charge in [0.2, 0.25) is 0 Å². The number of hydrogen-bond donors (Lipinski definition) is 1. The summed E-state index contributed by atoms with van der Waals surface area (Å²) < 4.78 is 0. The molecule has 1 aliphatic rings. The van der Waals surface area contributed by atoms with Gasteiger partial charge in [-0.3, -0.25) is 0 Å². The van der Waals surface area contributed by atoms with Gasteiger partial charge in [-0.1, -0.05) is 27.7 Å². The van der Waals surface area contributed by atoms with Crippen LogP contribution in [0.2, 0.25) is 0 Å². The van der Waals surface area contributed by atoms with Gasteiger partial charge in [-0.2, -0.15) is 0 Å². The van der Waals surface area contributed by atoms with Crippen LogP contribution in [0.15, 0.2) is 0 Å². The molecule has 1 aliphatic heterocycles. The first-order valence-electron chi connectivity index (χ1n) is 5.48. The summed E-state index contributed by atoms with van der Waals surface area (Å²) >= 11 is 0. The van der Waals surface area contributed by atoms with Crippen LogP contribution in [0.25, 0.3) is 0 Å². The lowest BCUT2D eigenvalue weighted by molar-refractivity contribution is -0.0130. The molecule has 0 aliphatic carbocycles. The highest BCUT2D eigenvalue weighted by Crippen LogP contribution is 2.46. The van der Waals surface area contributed by atoms with Crippen molar-refractivity contribution in [2.24, 2.45) is 17.3 Å². The number of piperidine rings is 1. The second-order valence-electron chi connectivity index (χ2n) is 5.93. The van der Waals surface area contributed by atoms with Gasteiger partial charge in [0.1, 0.15) is 0 Å². The van der Waals surface area contributed by atoms with Crippen molar-refractivity contribution in [1.29, 1.82) is 0 Å². The fourth-order valence-electron chi connectivity index (χ4n) is 2.55. The molecule has 0 bridgehead atoms. The molecule has 0 radical (unpaired) electrons. The fraction of sp³-hybridized carbons (Fsp3) is 1.00. The van der Waals surface area contributed by atoms with E-state index in [9.17, 15) is 0 Å². The van der Waals surface area contributed by atoms with Crippen molar-refractivity contribution in [3.05, 3.63) is 0 Å². The van der Waals surface area contributed by atoms with E-state index in [1.807, 2.05) is 0 Å². The Morgan fingerprint density at radius 2 is 1.38 bits per heavy atom. The number of hydrogen-bond acceptors (Lipinski definition) is 1. The average molecular weight is 183 g/mol. The van der Waals surface area contributed by atoms with Crippen LogP contribution in [0.1, 0.15) is 48.5 Å². The van der Waals surface area contributed by atoms with Crippen molar-refractivity contribution in [2.45, 2.75) is 60.0 Å². The molecule has 1 heterocycles. The zero-order valence-electron chi connectivity index (χ0n) is 10.2. The third-order valence-electron chi connectivity index (χ3n) is 4.92. The van der Waals surface area contributed by atoms with Gasteiger partial charge >= 0.3 is 0 Å². The maximum atomic E-state index is 3.73. The van der Waals surface area contributed by atoms with Crippen molar-refractivity contribution < 1.29 is 0 Å². The summed E-state index contributed by atoms with van der Waals surface area (Å²) in [6.45, 7) is 16.5. The minimum absolute atomic E-state index is 0.248. The molecule has 1 saturated heterocycles. The molecule has 3 atom stereocenters. The highest BCUT2D eigenvalue weighted by Gasteiger charge is 2.48. The first kappa shape index (κ1) is 11.0. The van der Waals surface area contributed by atoms with Crippen LogP contribution in [0.3, 0.4) is 0 Å². The van der Waals surface area contributed by atoms with Gasteiger partial charge in [0, 0.05) is 11.6 Å². The molecule has 13 heavy (non-hydrogen) atoms. The van der Waals surface area contributed by atoms with Crippen LogP contribution < -0.4 is 5.32 Å². The molecule has 0 spiro atoms. The summed E-state index contributed by atoms with van der Waals surface area (Å²) in [5.41, 5.74) is 0.622. The summed E-state index contributed by atoms with van der Waals surface area (Å²) in [7, 11) is 0. The van der Waals surface area contributed by atoms with Crippen LogP contribution in [0.4, 0.5) is 0 Å². The molecule has 0 aromatic heterocycles. The van der Waals surface area contributed by atoms with Gasteiger partial charge < -0.3 is 5.32 Å².